The van der Waals surface area contributed by atoms with E-state index >= 15 is 0 Å². The van der Waals surface area contributed by atoms with E-state index < -0.39 is 5.91 Å². The molecule has 2 amide bonds. The molecule has 1 unspecified atom stereocenters. The fraction of sp³-hybridized carbons (Fsp3) is 0.360. The number of hydrazine groups is 1. The molecule has 0 radical (unpaired) electrons. The molecule has 2 N–H and O–H groups in total. The van der Waals surface area contributed by atoms with Gasteiger partial charge in [-0.3, -0.25) is 25.2 Å². The third kappa shape index (κ3) is 4.42. The molecule has 0 saturated carbocycles. The smallest absolute Gasteiger partial charge is 0.273 e. The van der Waals surface area contributed by atoms with Gasteiger partial charge in [-0.25, -0.2) is 4.68 Å². The molecule has 2 aromatic carbocycles. The van der Waals surface area contributed by atoms with Crippen molar-refractivity contribution < 1.29 is 9.59 Å². The van der Waals surface area contributed by atoms with Gasteiger partial charge in [0, 0.05) is 11.9 Å². The second-order valence-electron chi connectivity index (χ2n) is 8.22. The van der Waals surface area contributed by atoms with Crippen LogP contribution in [0.2, 0.25) is 0 Å². The van der Waals surface area contributed by atoms with Crippen molar-refractivity contribution >= 4 is 22.6 Å². The van der Waals surface area contributed by atoms with Gasteiger partial charge in [0.1, 0.15) is 0 Å². The van der Waals surface area contributed by atoms with Crippen LogP contribution >= 0.6 is 0 Å². The first-order valence-electron chi connectivity index (χ1n) is 11.3. The highest BCUT2D eigenvalue weighted by molar-refractivity contribution is 6.05. The first kappa shape index (κ1) is 21.7. The van der Waals surface area contributed by atoms with Crippen molar-refractivity contribution in [3.63, 3.8) is 0 Å². The Morgan fingerprint density at radius 1 is 1.03 bits per heavy atom. The van der Waals surface area contributed by atoms with Crippen LogP contribution in [-0.4, -0.2) is 21.6 Å². The summed E-state index contributed by atoms with van der Waals surface area (Å²) in [6.45, 7) is 2.53. The average Bonchev–Trinajstić information content (AvgIpc) is 2.83. The average molecular weight is 433 g/mol. The summed E-state index contributed by atoms with van der Waals surface area (Å²) in [7, 11) is 0. The molecule has 0 bridgehead atoms. The summed E-state index contributed by atoms with van der Waals surface area (Å²) in [5.74, 6) is -1.08. The van der Waals surface area contributed by atoms with Crippen LogP contribution in [0.3, 0.4) is 0 Å². The SMILES string of the molecule is CCCCCn1nc(C(=O)NNC(=O)C2CCCc3ccccc32)c2ccccc2c1=O. The van der Waals surface area contributed by atoms with Gasteiger partial charge in [-0.2, -0.15) is 5.10 Å². The Balaban J connectivity index is 1.54. The maximum absolute atomic E-state index is 13.0. The fourth-order valence-electron chi connectivity index (χ4n) is 4.36. The number of hydrogen-bond acceptors (Lipinski definition) is 4. The van der Waals surface area contributed by atoms with Gasteiger partial charge < -0.3 is 0 Å². The predicted molar refractivity (Wildman–Crippen MR) is 123 cm³/mol. The molecule has 7 nitrogen and oxygen atoms in total. The fourth-order valence-corrected chi connectivity index (χ4v) is 4.36. The summed E-state index contributed by atoms with van der Waals surface area (Å²) in [6, 6.07) is 14.9. The summed E-state index contributed by atoms with van der Waals surface area (Å²) in [4.78, 5) is 38.6. The third-order valence-corrected chi connectivity index (χ3v) is 6.04. The maximum Gasteiger partial charge on any atom is 0.290 e. The van der Waals surface area contributed by atoms with Crippen molar-refractivity contribution in [1.29, 1.82) is 0 Å². The zero-order valence-corrected chi connectivity index (χ0v) is 18.3. The number of nitrogens with one attached hydrogen (secondary N) is 2. The van der Waals surface area contributed by atoms with Gasteiger partial charge in [0.05, 0.1) is 11.3 Å². The van der Waals surface area contributed by atoms with E-state index in [4.69, 9.17) is 0 Å². The third-order valence-electron chi connectivity index (χ3n) is 6.04. The van der Waals surface area contributed by atoms with Crippen molar-refractivity contribution in [3.8, 4) is 0 Å². The van der Waals surface area contributed by atoms with Gasteiger partial charge in [0.25, 0.3) is 11.5 Å². The molecule has 1 aromatic heterocycles. The summed E-state index contributed by atoms with van der Waals surface area (Å²) in [5.41, 5.74) is 7.20. The summed E-state index contributed by atoms with van der Waals surface area (Å²) in [5, 5.41) is 5.25. The Morgan fingerprint density at radius 2 is 1.78 bits per heavy atom. The minimum Gasteiger partial charge on any atom is -0.273 e. The molecule has 1 heterocycles. The first-order valence-corrected chi connectivity index (χ1v) is 11.3. The van der Waals surface area contributed by atoms with Crippen LogP contribution in [0.25, 0.3) is 10.8 Å². The molecule has 4 rings (SSSR count). The Hall–Kier alpha value is -3.48. The molecule has 7 heteroatoms. The van der Waals surface area contributed by atoms with Crippen molar-refractivity contribution in [3.05, 3.63) is 75.7 Å². The highest BCUT2D eigenvalue weighted by Gasteiger charge is 2.27. The van der Waals surface area contributed by atoms with Gasteiger partial charge in [-0.05, 0) is 42.9 Å². The van der Waals surface area contributed by atoms with Crippen LogP contribution in [0.1, 0.15) is 66.6 Å². The van der Waals surface area contributed by atoms with Gasteiger partial charge in [-0.15, -0.1) is 0 Å². The van der Waals surface area contributed by atoms with Crippen molar-refractivity contribution in [2.24, 2.45) is 0 Å². The van der Waals surface area contributed by atoms with E-state index in [0.717, 1.165) is 44.1 Å². The molecule has 1 aliphatic rings. The lowest BCUT2D eigenvalue weighted by Crippen LogP contribution is -2.45. The number of carbonyl (C=O) groups is 2. The number of unbranched alkanes of at least 4 members (excludes halogenated alkanes) is 2. The molecule has 0 aliphatic heterocycles. The molecule has 166 valence electrons. The van der Waals surface area contributed by atoms with Crippen LogP contribution in [0, 0.1) is 0 Å². The Labute approximate surface area is 186 Å². The van der Waals surface area contributed by atoms with E-state index in [-0.39, 0.29) is 23.1 Å². The van der Waals surface area contributed by atoms with Crippen molar-refractivity contribution in [2.75, 3.05) is 0 Å². The van der Waals surface area contributed by atoms with Crippen LogP contribution in [0.4, 0.5) is 0 Å². The molecule has 0 saturated heterocycles. The summed E-state index contributed by atoms with van der Waals surface area (Å²) < 4.78 is 1.35. The first-order chi connectivity index (χ1) is 15.6. The van der Waals surface area contributed by atoms with E-state index in [0.29, 0.717) is 17.3 Å². The lowest BCUT2D eigenvalue weighted by molar-refractivity contribution is -0.123. The Morgan fingerprint density at radius 3 is 2.59 bits per heavy atom. The molecule has 1 atom stereocenters. The molecule has 0 fully saturated rings. The number of benzene rings is 2. The minimum atomic E-state index is -0.539. The van der Waals surface area contributed by atoms with Crippen molar-refractivity contribution in [2.45, 2.75) is 57.9 Å². The standard InChI is InChI=1S/C25H28N4O3/c1-2-3-8-16-29-25(32)21-14-7-6-13-19(21)22(28-29)24(31)27-26-23(30)20-15-9-11-17-10-4-5-12-18(17)20/h4-7,10,12-14,20H,2-3,8-9,11,15-16H2,1H3,(H,26,30)(H,27,31). The lowest BCUT2D eigenvalue weighted by Gasteiger charge is -2.24. The van der Waals surface area contributed by atoms with Gasteiger partial charge in [0.2, 0.25) is 5.91 Å². The molecule has 3 aromatic rings. The second-order valence-corrected chi connectivity index (χ2v) is 8.22. The topological polar surface area (TPSA) is 93.1 Å². The van der Waals surface area contributed by atoms with E-state index in [2.05, 4.69) is 22.9 Å². The molecular weight excluding hydrogens is 404 g/mol. The van der Waals surface area contributed by atoms with E-state index in [1.807, 2.05) is 24.3 Å². The number of aromatic nitrogens is 2. The van der Waals surface area contributed by atoms with Crippen LogP contribution in [0.15, 0.2) is 53.3 Å². The summed E-state index contributed by atoms with van der Waals surface area (Å²) in [6.07, 6.45) is 5.43. The number of fused-ring (bicyclic) bond motifs is 2. The lowest BCUT2D eigenvalue weighted by atomic mass is 9.82. The summed E-state index contributed by atoms with van der Waals surface area (Å²) >= 11 is 0. The zero-order chi connectivity index (χ0) is 22.5. The zero-order valence-electron chi connectivity index (χ0n) is 18.3. The minimum absolute atomic E-state index is 0.126. The van der Waals surface area contributed by atoms with Crippen molar-refractivity contribution in [1.82, 2.24) is 20.6 Å². The highest BCUT2D eigenvalue weighted by atomic mass is 16.2. The monoisotopic (exact) mass is 432 g/mol. The van der Waals surface area contributed by atoms with Crippen LogP contribution < -0.4 is 16.4 Å². The molecular formula is C25H28N4O3. The number of hydrogen-bond donors (Lipinski definition) is 2. The molecule has 0 spiro atoms. The number of amides is 2. The highest BCUT2D eigenvalue weighted by Crippen LogP contribution is 2.31. The van der Waals surface area contributed by atoms with E-state index in [1.54, 1.807) is 24.3 Å². The number of rotatable bonds is 6. The Kier molecular flexibility index (Phi) is 6.63. The number of carbonyl (C=O) groups excluding carboxylic acids is 2. The molecule has 1 aliphatic carbocycles. The number of nitrogens with zero attached hydrogens (tertiary/aromatic N) is 2. The van der Waals surface area contributed by atoms with Gasteiger partial charge in [-0.1, -0.05) is 62.2 Å². The van der Waals surface area contributed by atoms with Crippen LogP contribution in [0.5, 0.6) is 0 Å². The van der Waals surface area contributed by atoms with Gasteiger partial charge >= 0.3 is 0 Å². The van der Waals surface area contributed by atoms with E-state index in [9.17, 15) is 14.4 Å². The predicted octanol–water partition coefficient (Wildman–Crippen LogP) is 3.47. The number of aryl methyl sites for hydroxylation is 2. The van der Waals surface area contributed by atoms with E-state index in [1.165, 1.54) is 10.2 Å². The quantitative estimate of drug-likeness (QED) is 0.461. The second kappa shape index (κ2) is 9.77. The largest absolute Gasteiger partial charge is 0.290 e. The maximum atomic E-state index is 13.0. The molecule has 32 heavy (non-hydrogen) atoms. The van der Waals surface area contributed by atoms with Gasteiger partial charge in [0.15, 0.2) is 5.69 Å². The normalized spacial score (nSPS) is 15.2. The Bertz CT molecular complexity index is 1200. The van der Waals surface area contributed by atoms with Crippen LogP contribution in [-0.2, 0) is 17.8 Å².